The van der Waals surface area contributed by atoms with E-state index in [1.54, 1.807) is 0 Å². The van der Waals surface area contributed by atoms with Gasteiger partial charge in [0.1, 0.15) is 0 Å². The Morgan fingerprint density at radius 2 is 1.85 bits per heavy atom. The highest BCUT2D eigenvalue weighted by molar-refractivity contribution is 6.30. The second-order valence-electron chi connectivity index (χ2n) is 5.42. The number of nitrogens with one attached hydrogen (secondary N) is 1. The van der Waals surface area contributed by atoms with Crippen LogP contribution in [0, 0.1) is 13.8 Å². The Balaban J connectivity index is 1.96. The molecule has 20 heavy (non-hydrogen) atoms. The van der Waals surface area contributed by atoms with Crippen molar-refractivity contribution in [3.63, 3.8) is 0 Å². The summed E-state index contributed by atoms with van der Waals surface area (Å²) in [5.41, 5.74) is 5.55. The minimum atomic E-state index is -0.107. The van der Waals surface area contributed by atoms with Crippen molar-refractivity contribution in [2.24, 2.45) is 0 Å². The molecule has 1 amide bonds. The molecule has 2 aromatic carbocycles. The van der Waals surface area contributed by atoms with Crippen molar-refractivity contribution in [2.45, 2.75) is 26.2 Å². The van der Waals surface area contributed by atoms with Crippen LogP contribution in [0.4, 0.5) is 5.69 Å². The van der Waals surface area contributed by atoms with E-state index in [2.05, 4.69) is 24.4 Å². The minimum Gasteiger partial charge on any atom is -0.325 e. The van der Waals surface area contributed by atoms with Crippen molar-refractivity contribution in [3.8, 4) is 0 Å². The van der Waals surface area contributed by atoms with Crippen LogP contribution in [-0.4, -0.2) is 5.91 Å². The van der Waals surface area contributed by atoms with Gasteiger partial charge in [0.15, 0.2) is 0 Å². The van der Waals surface area contributed by atoms with Gasteiger partial charge in [-0.2, -0.15) is 0 Å². The first-order valence-corrected chi connectivity index (χ1v) is 7.09. The van der Waals surface area contributed by atoms with Crippen LogP contribution in [0.2, 0.25) is 5.02 Å². The first-order valence-electron chi connectivity index (χ1n) is 6.71. The molecule has 0 saturated heterocycles. The molecular formula is C17H16ClNO. The molecule has 3 heteroatoms. The largest absolute Gasteiger partial charge is 0.325 e. The van der Waals surface area contributed by atoms with Crippen molar-refractivity contribution < 1.29 is 4.79 Å². The molecule has 102 valence electrons. The summed E-state index contributed by atoms with van der Waals surface area (Å²) in [6.45, 7) is 4.10. The monoisotopic (exact) mass is 285 g/mol. The summed E-state index contributed by atoms with van der Waals surface area (Å²) < 4.78 is 0. The molecule has 1 heterocycles. The summed E-state index contributed by atoms with van der Waals surface area (Å²) in [7, 11) is 0. The summed E-state index contributed by atoms with van der Waals surface area (Å²) in [6, 6.07) is 11.9. The lowest BCUT2D eigenvalue weighted by atomic mass is 9.91. The van der Waals surface area contributed by atoms with Crippen LogP contribution in [-0.2, 0) is 11.2 Å². The number of rotatable bonds is 2. The molecule has 1 unspecified atom stereocenters. The molecule has 1 aliphatic heterocycles. The second kappa shape index (κ2) is 4.95. The number of carbonyl (C=O) groups excluding carboxylic acids is 1. The Hall–Kier alpha value is -1.80. The van der Waals surface area contributed by atoms with Crippen LogP contribution in [0.25, 0.3) is 0 Å². The highest BCUT2D eigenvalue weighted by Crippen LogP contribution is 2.37. The highest BCUT2D eigenvalue weighted by atomic mass is 35.5. The van der Waals surface area contributed by atoms with Crippen molar-refractivity contribution in [2.75, 3.05) is 5.32 Å². The van der Waals surface area contributed by atoms with Gasteiger partial charge in [-0.15, -0.1) is 0 Å². The van der Waals surface area contributed by atoms with E-state index < -0.39 is 0 Å². The van der Waals surface area contributed by atoms with Crippen LogP contribution >= 0.6 is 11.6 Å². The fraction of sp³-hybridized carbons (Fsp3) is 0.235. The summed E-state index contributed by atoms with van der Waals surface area (Å²) in [5.74, 6) is -0.0200. The number of fused-ring (bicyclic) bond motifs is 1. The third kappa shape index (κ3) is 2.32. The van der Waals surface area contributed by atoms with E-state index >= 15 is 0 Å². The molecule has 0 fully saturated rings. The number of hydrogen-bond donors (Lipinski definition) is 1. The molecule has 2 nitrogen and oxygen atoms in total. The summed E-state index contributed by atoms with van der Waals surface area (Å²) in [5, 5.41) is 3.73. The predicted molar refractivity (Wildman–Crippen MR) is 82.4 cm³/mol. The fourth-order valence-corrected chi connectivity index (χ4v) is 2.98. The number of anilines is 1. The molecule has 1 N–H and O–H groups in total. The van der Waals surface area contributed by atoms with Gasteiger partial charge in [0.05, 0.1) is 5.92 Å². The van der Waals surface area contributed by atoms with Crippen LogP contribution in [0.3, 0.4) is 0 Å². The first-order chi connectivity index (χ1) is 9.54. The molecule has 0 radical (unpaired) electrons. The Labute approximate surface area is 123 Å². The normalized spacial score (nSPS) is 16.9. The maximum Gasteiger partial charge on any atom is 0.232 e. The van der Waals surface area contributed by atoms with Crippen molar-refractivity contribution in [1.29, 1.82) is 0 Å². The van der Waals surface area contributed by atoms with Gasteiger partial charge < -0.3 is 5.32 Å². The highest BCUT2D eigenvalue weighted by Gasteiger charge is 2.31. The molecule has 0 saturated carbocycles. The molecule has 0 aliphatic carbocycles. The average molecular weight is 286 g/mol. The van der Waals surface area contributed by atoms with Gasteiger partial charge in [0.25, 0.3) is 0 Å². The van der Waals surface area contributed by atoms with Gasteiger partial charge in [0.2, 0.25) is 5.91 Å². The molecule has 1 aliphatic rings. The minimum absolute atomic E-state index is 0.0867. The number of carbonyl (C=O) groups is 1. The molecule has 1 atom stereocenters. The van der Waals surface area contributed by atoms with Gasteiger partial charge in [-0.05, 0) is 49.1 Å². The molecule has 2 aromatic rings. The SMILES string of the molecule is Cc1cc(C)c2c(c1)C(Cc1ccc(Cl)cc1)C(=O)N2. The van der Waals surface area contributed by atoms with Crippen LogP contribution in [0.1, 0.15) is 28.2 Å². The topological polar surface area (TPSA) is 29.1 Å². The Kier molecular flexibility index (Phi) is 3.27. The summed E-state index contributed by atoms with van der Waals surface area (Å²) >= 11 is 5.90. The maximum atomic E-state index is 12.2. The zero-order valence-electron chi connectivity index (χ0n) is 11.5. The molecule has 3 rings (SSSR count). The quantitative estimate of drug-likeness (QED) is 0.879. The Morgan fingerprint density at radius 3 is 2.55 bits per heavy atom. The Morgan fingerprint density at radius 1 is 1.15 bits per heavy atom. The number of halogens is 1. The smallest absolute Gasteiger partial charge is 0.232 e. The van der Waals surface area contributed by atoms with Gasteiger partial charge in [-0.3, -0.25) is 4.79 Å². The number of hydrogen-bond acceptors (Lipinski definition) is 1. The van der Waals surface area contributed by atoms with Crippen molar-refractivity contribution >= 4 is 23.2 Å². The third-order valence-corrected chi connectivity index (χ3v) is 4.06. The van der Waals surface area contributed by atoms with E-state index in [0.29, 0.717) is 6.42 Å². The Bertz CT molecular complexity index is 676. The zero-order chi connectivity index (χ0) is 14.3. The van der Waals surface area contributed by atoms with E-state index in [4.69, 9.17) is 11.6 Å². The molecular weight excluding hydrogens is 270 g/mol. The van der Waals surface area contributed by atoms with Crippen LogP contribution in [0.15, 0.2) is 36.4 Å². The molecule has 0 spiro atoms. The van der Waals surface area contributed by atoms with Crippen LogP contribution < -0.4 is 5.32 Å². The third-order valence-electron chi connectivity index (χ3n) is 3.80. The summed E-state index contributed by atoms with van der Waals surface area (Å²) in [4.78, 5) is 12.2. The lowest BCUT2D eigenvalue weighted by Crippen LogP contribution is -2.14. The zero-order valence-corrected chi connectivity index (χ0v) is 12.3. The number of aryl methyl sites for hydroxylation is 2. The van der Waals surface area contributed by atoms with E-state index in [0.717, 1.165) is 27.4 Å². The standard InChI is InChI=1S/C17H16ClNO/c1-10-7-11(2)16-14(8-10)15(17(20)19-16)9-12-3-5-13(18)6-4-12/h3-8,15H,9H2,1-2H3,(H,19,20). The van der Waals surface area contributed by atoms with E-state index in [1.807, 2.05) is 31.2 Å². The van der Waals surface area contributed by atoms with Gasteiger partial charge in [0, 0.05) is 10.7 Å². The van der Waals surface area contributed by atoms with E-state index in [-0.39, 0.29) is 11.8 Å². The van der Waals surface area contributed by atoms with Gasteiger partial charge in [-0.1, -0.05) is 41.4 Å². The van der Waals surface area contributed by atoms with Crippen LogP contribution in [0.5, 0.6) is 0 Å². The maximum absolute atomic E-state index is 12.2. The van der Waals surface area contributed by atoms with E-state index in [1.165, 1.54) is 5.56 Å². The lowest BCUT2D eigenvalue weighted by molar-refractivity contribution is -0.117. The lowest BCUT2D eigenvalue weighted by Gasteiger charge is -2.10. The summed E-state index contributed by atoms with van der Waals surface area (Å²) in [6.07, 6.45) is 0.707. The van der Waals surface area contributed by atoms with Gasteiger partial charge >= 0.3 is 0 Å². The number of amides is 1. The van der Waals surface area contributed by atoms with Gasteiger partial charge in [-0.25, -0.2) is 0 Å². The number of benzene rings is 2. The average Bonchev–Trinajstić information content (AvgIpc) is 2.70. The van der Waals surface area contributed by atoms with Crippen molar-refractivity contribution in [3.05, 3.63) is 63.7 Å². The molecule has 0 aromatic heterocycles. The molecule has 0 bridgehead atoms. The predicted octanol–water partition coefficient (Wildman–Crippen LogP) is 4.24. The van der Waals surface area contributed by atoms with E-state index in [9.17, 15) is 4.79 Å². The first kappa shape index (κ1) is 13.2. The van der Waals surface area contributed by atoms with Crippen molar-refractivity contribution in [1.82, 2.24) is 0 Å². The second-order valence-corrected chi connectivity index (χ2v) is 5.85. The fourth-order valence-electron chi connectivity index (χ4n) is 2.86.